The van der Waals surface area contributed by atoms with Crippen molar-refractivity contribution in [1.29, 1.82) is 0 Å². The second-order valence-electron chi connectivity index (χ2n) is 6.31. The monoisotopic (exact) mass is 345 g/mol. The van der Waals surface area contributed by atoms with E-state index < -0.39 is 0 Å². The minimum absolute atomic E-state index is 0.0500. The second-order valence-corrected chi connectivity index (χ2v) is 6.31. The Morgan fingerprint density at radius 3 is 2.62 bits per heavy atom. The number of aromatic nitrogens is 2. The van der Waals surface area contributed by atoms with Gasteiger partial charge in [0.1, 0.15) is 5.56 Å². The van der Waals surface area contributed by atoms with Crippen LogP contribution in [0.25, 0.3) is 16.9 Å². The van der Waals surface area contributed by atoms with Crippen LogP contribution in [0.3, 0.4) is 0 Å². The van der Waals surface area contributed by atoms with Crippen molar-refractivity contribution in [2.45, 2.75) is 13.3 Å². The Hall–Kier alpha value is -3.21. The molecule has 0 saturated heterocycles. The van der Waals surface area contributed by atoms with Gasteiger partial charge in [0.2, 0.25) is 0 Å². The molecular formula is C21H19N3O2. The van der Waals surface area contributed by atoms with E-state index in [2.05, 4.69) is 28.3 Å². The number of hydrogen-bond acceptors (Lipinski definition) is 4. The maximum Gasteiger partial charge on any atom is 0.260 e. The van der Waals surface area contributed by atoms with Gasteiger partial charge >= 0.3 is 0 Å². The van der Waals surface area contributed by atoms with E-state index in [4.69, 9.17) is 4.52 Å². The van der Waals surface area contributed by atoms with Crippen LogP contribution in [0, 0.1) is 6.92 Å². The SMILES string of the molecule is Cc1noc(-c2cccnc2)c1C(=O)N1CC=C(c2ccccc2)CC1. The summed E-state index contributed by atoms with van der Waals surface area (Å²) >= 11 is 0. The molecule has 1 aliphatic rings. The third kappa shape index (κ3) is 3.04. The zero-order chi connectivity index (χ0) is 17.9. The van der Waals surface area contributed by atoms with Gasteiger partial charge in [-0.05, 0) is 36.6 Å². The van der Waals surface area contributed by atoms with Gasteiger partial charge in [0.25, 0.3) is 5.91 Å². The van der Waals surface area contributed by atoms with Crippen molar-refractivity contribution in [3.8, 4) is 11.3 Å². The quantitative estimate of drug-likeness (QED) is 0.720. The average molecular weight is 345 g/mol. The number of pyridine rings is 1. The first-order valence-electron chi connectivity index (χ1n) is 8.64. The molecule has 5 nitrogen and oxygen atoms in total. The third-order valence-corrected chi connectivity index (χ3v) is 4.64. The third-order valence-electron chi connectivity index (χ3n) is 4.64. The number of carbonyl (C=O) groups is 1. The van der Waals surface area contributed by atoms with Crippen molar-refractivity contribution in [3.05, 3.63) is 77.8 Å². The topological polar surface area (TPSA) is 59.2 Å². The first kappa shape index (κ1) is 16.3. The van der Waals surface area contributed by atoms with Gasteiger partial charge in [-0.2, -0.15) is 0 Å². The molecular weight excluding hydrogens is 326 g/mol. The number of hydrogen-bond donors (Lipinski definition) is 0. The molecule has 0 N–H and O–H groups in total. The van der Waals surface area contributed by atoms with Crippen molar-refractivity contribution < 1.29 is 9.32 Å². The van der Waals surface area contributed by atoms with Gasteiger partial charge in [0.05, 0.1) is 5.69 Å². The fraction of sp³-hybridized carbons (Fsp3) is 0.190. The van der Waals surface area contributed by atoms with Crippen molar-refractivity contribution in [2.24, 2.45) is 0 Å². The maximum atomic E-state index is 13.1. The lowest BCUT2D eigenvalue weighted by Gasteiger charge is -2.26. The van der Waals surface area contributed by atoms with Crippen LogP contribution >= 0.6 is 0 Å². The summed E-state index contributed by atoms with van der Waals surface area (Å²) in [5, 5.41) is 4.01. The largest absolute Gasteiger partial charge is 0.355 e. The Kier molecular flexibility index (Phi) is 4.35. The van der Waals surface area contributed by atoms with E-state index >= 15 is 0 Å². The zero-order valence-electron chi connectivity index (χ0n) is 14.6. The minimum atomic E-state index is -0.0500. The molecule has 130 valence electrons. The molecule has 0 aliphatic carbocycles. The predicted octanol–water partition coefficient (Wildman–Crippen LogP) is 3.97. The van der Waals surface area contributed by atoms with E-state index in [9.17, 15) is 4.79 Å². The van der Waals surface area contributed by atoms with Crippen LogP contribution in [0.4, 0.5) is 0 Å². The molecule has 4 rings (SSSR count). The highest BCUT2D eigenvalue weighted by molar-refractivity contribution is 6.00. The normalized spacial score (nSPS) is 14.2. The minimum Gasteiger partial charge on any atom is -0.355 e. The van der Waals surface area contributed by atoms with Crippen LogP contribution < -0.4 is 0 Å². The summed E-state index contributed by atoms with van der Waals surface area (Å²) < 4.78 is 5.43. The lowest BCUT2D eigenvalue weighted by Crippen LogP contribution is -2.35. The molecule has 0 spiro atoms. The van der Waals surface area contributed by atoms with E-state index in [0.29, 0.717) is 30.1 Å². The van der Waals surface area contributed by atoms with Gasteiger partial charge in [-0.25, -0.2) is 0 Å². The number of carbonyl (C=O) groups excluding carboxylic acids is 1. The van der Waals surface area contributed by atoms with Crippen LogP contribution in [-0.2, 0) is 0 Å². The molecule has 0 fully saturated rings. The Bertz CT molecular complexity index is 946. The highest BCUT2D eigenvalue weighted by Gasteiger charge is 2.27. The summed E-state index contributed by atoms with van der Waals surface area (Å²) in [6, 6.07) is 14.0. The summed E-state index contributed by atoms with van der Waals surface area (Å²) in [6.07, 6.45) is 6.33. The first-order chi connectivity index (χ1) is 12.7. The molecule has 0 atom stereocenters. The van der Waals surface area contributed by atoms with Gasteiger partial charge in [-0.15, -0.1) is 0 Å². The Balaban J connectivity index is 1.58. The molecule has 3 aromatic rings. The van der Waals surface area contributed by atoms with Crippen molar-refractivity contribution in [3.63, 3.8) is 0 Å². The van der Waals surface area contributed by atoms with Gasteiger partial charge in [0.15, 0.2) is 5.76 Å². The van der Waals surface area contributed by atoms with Crippen molar-refractivity contribution in [1.82, 2.24) is 15.0 Å². The highest BCUT2D eigenvalue weighted by atomic mass is 16.5. The number of nitrogens with zero attached hydrogens (tertiary/aromatic N) is 3. The molecule has 1 amide bonds. The van der Waals surface area contributed by atoms with Crippen LogP contribution in [0.2, 0.25) is 0 Å². The smallest absolute Gasteiger partial charge is 0.260 e. The molecule has 2 aromatic heterocycles. The van der Waals surface area contributed by atoms with Gasteiger partial charge < -0.3 is 9.42 Å². The standard InChI is InChI=1S/C21H19N3O2/c1-15-19(20(26-23-15)18-8-5-11-22-14-18)21(25)24-12-9-17(10-13-24)16-6-3-2-4-7-16/h2-9,11,14H,10,12-13H2,1H3. The Labute approximate surface area is 152 Å². The zero-order valence-corrected chi connectivity index (χ0v) is 14.6. The Morgan fingerprint density at radius 1 is 1.12 bits per heavy atom. The number of benzene rings is 1. The number of rotatable bonds is 3. The lowest BCUT2D eigenvalue weighted by molar-refractivity contribution is 0.0772. The molecule has 1 aromatic carbocycles. The fourth-order valence-electron chi connectivity index (χ4n) is 3.24. The van der Waals surface area contributed by atoms with Crippen LogP contribution in [0.5, 0.6) is 0 Å². The molecule has 26 heavy (non-hydrogen) atoms. The van der Waals surface area contributed by atoms with E-state index in [1.807, 2.05) is 35.2 Å². The molecule has 1 aliphatic heterocycles. The van der Waals surface area contributed by atoms with Crippen LogP contribution in [0.1, 0.15) is 28.0 Å². The maximum absolute atomic E-state index is 13.1. The summed E-state index contributed by atoms with van der Waals surface area (Å²) in [5.41, 5.74) is 4.39. The molecule has 0 saturated carbocycles. The van der Waals surface area contributed by atoms with Gasteiger partial charge in [0, 0.05) is 31.0 Å². The van der Waals surface area contributed by atoms with Crippen LogP contribution in [-0.4, -0.2) is 34.0 Å². The van der Waals surface area contributed by atoms with E-state index in [1.54, 1.807) is 19.3 Å². The molecule has 3 heterocycles. The average Bonchev–Trinajstić information content (AvgIpc) is 3.10. The molecule has 5 heteroatoms. The molecule has 0 radical (unpaired) electrons. The molecule has 0 unspecified atom stereocenters. The predicted molar refractivity (Wildman–Crippen MR) is 99.4 cm³/mol. The number of amides is 1. The summed E-state index contributed by atoms with van der Waals surface area (Å²) in [4.78, 5) is 19.0. The first-order valence-corrected chi connectivity index (χ1v) is 8.64. The van der Waals surface area contributed by atoms with E-state index in [-0.39, 0.29) is 5.91 Å². The van der Waals surface area contributed by atoms with Crippen molar-refractivity contribution >= 4 is 11.5 Å². The van der Waals surface area contributed by atoms with E-state index in [1.165, 1.54) is 11.1 Å². The van der Waals surface area contributed by atoms with Crippen molar-refractivity contribution in [2.75, 3.05) is 13.1 Å². The summed E-state index contributed by atoms with van der Waals surface area (Å²) in [6.45, 7) is 3.06. The Morgan fingerprint density at radius 2 is 1.92 bits per heavy atom. The van der Waals surface area contributed by atoms with Gasteiger partial charge in [-0.1, -0.05) is 41.6 Å². The summed E-state index contributed by atoms with van der Waals surface area (Å²) in [5.74, 6) is 0.435. The van der Waals surface area contributed by atoms with E-state index in [0.717, 1.165) is 12.0 Å². The number of aryl methyl sites for hydroxylation is 1. The fourth-order valence-corrected chi connectivity index (χ4v) is 3.24. The molecule has 0 bridgehead atoms. The summed E-state index contributed by atoms with van der Waals surface area (Å²) in [7, 11) is 0. The highest BCUT2D eigenvalue weighted by Crippen LogP contribution is 2.29. The second kappa shape index (κ2) is 6.96. The van der Waals surface area contributed by atoms with Gasteiger partial charge in [-0.3, -0.25) is 9.78 Å². The van der Waals surface area contributed by atoms with Crippen LogP contribution in [0.15, 0.2) is 65.5 Å². The lowest BCUT2D eigenvalue weighted by atomic mass is 9.99.